The van der Waals surface area contributed by atoms with E-state index in [0.717, 1.165) is 0 Å². The molecular weight excluding hydrogens is 167 g/mol. The zero-order chi connectivity index (χ0) is 9.84. The molecule has 0 bridgehead atoms. The van der Waals surface area contributed by atoms with Crippen LogP contribution < -0.4 is 0 Å². The third kappa shape index (κ3) is 2.25. The Morgan fingerprint density at radius 3 is 2.85 bits per heavy atom. The Bertz CT molecular complexity index is 342. The fourth-order valence-corrected chi connectivity index (χ4v) is 1.02. The van der Waals surface area contributed by atoms with Crippen LogP contribution in [0.4, 0.5) is 4.39 Å². The monoisotopic (exact) mass is 178 g/mol. The van der Waals surface area contributed by atoms with E-state index in [4.69, 9.17) is 0 Å². The molecule has 0 atom stereocenters. The van der Waals surface area contributed by atoms with Crippen LogP contribution in [0.5, 0.6) is 0 Å². The maximum atomic E-state index is 13.0. The molecule has 13 heavy (non-hydrogen) atoms. The molecule has 1 aromatic carbocycles. The van der Waals surface area contributed by atoms with Crippen LogP contribution in [0.1, 0.15) is 22.3 Å². The minimum absolute atomic E-state index is 0.103. The Kier molecular flexibility index (Phi) is 2.96. The molecule has 0 fully saturated rings. The highest BCUT2D eigenvalue weighted by Crippen LogP contribution is 2.10. The van der Waals surface area contributed by atoms with Crippen LogP contribution in [-0.2, 0) is 0 Å². The van der Waals surface area contributed by atoms with Crippen molar-refractivity contribution in [2.24, 2.45) is 0 Å². The van der Waals surface area contributed by atoms with E-state index in [1.165, 1.54) is 12.1 Å². The minimum Gasteiger partial charge on any atom is -0.294 e. The molecule has 0 saturated carbocycles. The van der Waals surface area contributed by atoms with Gasteiger partial charge >= 0.3 is 0 Å². The van der Waals surface area contributed by atoms with Gasteiger partial charge in [0.15, 0.2) is 5.78 Å². The highest BCUT2D eigenvalue weighted by molar-refractivity contribution is 5.96. The Morgan fingerprint density at radius 1 is 1.62 bits per heavy atom. The molecule has 2 heteroatoms. The van der Waals surface area contributed by atoms with E-state index < -0.39 is 0 Å². The van der Waals surface area contributed by atoms with Crippen molar-refractivity contribution in [3.63, 3.8) is 0 Å². The molecule has 0 heterocycles. The summed E-state index contributed by atoms with van der Waals surface area (Å²) >= 11 is 0. The molecule has 0 amide bonds. The van der Waals surface area contributed by atoms with Gasteiger partial charge in [0.05, 0.1) is 0 Å². The normalized spacial score (nSPS) is 9.69. The number of benzene rings is 1. The largest absolute Gasteiger partial charge is 0.294 e. The highest BCUT2D eigenvalue weighted by atomic mass is 19.1. The molecular formula is C11H11FO. The quantitative estimate of drug-likeness (QED) is 0.513. The molecule has 0 N–H and O–H groups in total. The van der Waals surface area contributed by atoms with Crippen molar-refractivity contribution in [1.29, 1.82) is 0 Å². The first-order chi connectivity index (χ1) is 6.15. The first-order valence-corrected chi connectivity index (χ1v) is 4.05. The molecule has 0 spiro atoms. The number of hydrogen-bond donors (Lipinski definition) is 0. The van der Waals surface area contributed by atoms with E-state index >= 15 is 0 Å². The first-order valence-electron chi connectivity index (χ1n) is 4.05. The van der Waals surface area contributed by atoms with Crippen molar-refractivity contribution < 1.29 is 9.18 Å². The summed E-state index contributed by atoms with van der Waals surface area (Å²) in [7, 11) is 0. The van der Waals surface area contributed by atoms with Crippen molar-refractivity contribution in [1.82, 2.24) is 0 Å². The number of allylic oxidation sites excluding steroid dienone is 1. The Hall–Kier alpha value is -1.44. The van der Waals surface area contributed by atoms with Gasteiger partial charge in [-0.05, 0) is 18.6 Å². The topological polar surface area (TPSA) is 17.1 Å². The Balaban J connectivity index is 2.96. The van der Waals surface area contributed by atoms with Gasteiger partial charge in [-0.1, -0.05) is 18.2 Å². The Morgan fingerprint density at radius 2 is 2.31 bits per heavy atom. The maximum Gasteiger partial charge on any atom is 0.166 e. The third-order valence-corrected chi connectivity index (χ3v) is 1.82. The molecule has 0 aliphatic carbocycles. The first kappa shape index (κ1) is 9.65. The van der Waals surface area contributed by atoms with Crippen molar-refractivity contribution in [2.45, 2.75) is 13.3 Å². The minimum atomic E-state index is -0.338. The second-order valence-electron chi connectivity index (χ2n) is 2.88. The molecule has 0 aromatic heterocycles. The number of halogens is 1. The summed E-state index contributed by atoms with van der Waals surface area (Å²) in [6.45, 7) is 5.12. The molecule has 0 radical (unpaired) electrons. The van der Waals surface area contributed by atoms with Crippen LogP contribution in [-0.4, -0.2) is 5.78 Å². The van der Waals surface area contributed by atoms with Crippen molar-refractivity contribution in [3.05, 3.63) is 47.8 Å². The zero-order valence-electron chi connectivity index (χ0n) is 7.51. The summed E-state index contributed by atoms with van der Waals surface area (Å²) in [5.41, 5.74) is 0.957. The lowest BCUT2D eigenvalue weighted by molar-refractivity contribution is 0.0995. The summed E-state index contributed by atoms with van der Waals surface area (Å²) < 4.78 is 13.0. The summed E-state index contributed by atoms with van der Waals surface area (Å²) in [5.74, 6) is -0.441. The van der Waals surface area contributed by atoms with Gasteiger partial charge in [-0.3, -0.25) is 4.79 Å². The van der Waals surface area contributed by atoms with Crippen LogP contribution in [0, 0.1) is 12.7 Å². The summed E-state index contributed by atoms with van der Waals surface area (Å²) in [4.78, 5) is 11.3. The molecule has 0 saturated heterocycles. The lowest BCUT2D eigenvalue weighted by Gasteiger charge is -1.99. The van der Waals surface area contributed by atoms with E-state index in [1.807, 2.05) is 0 Å². The number of ketones is 1. The standard InChI is InChI=1S/C11H11FO/c1-3-4-11(13)9-6-5-8(2)10(12)7-9/h3,5-7H,1,4H2,2H3. The highest BCUT2D eigenvalue weighted by Gasteiger charge is 2.05. The van der Waals surface area contributed by atoms with E-state index in [9.17, 15) is 9.18 Å². The van der Waals surface area contributed by atoms with Gasteiger partial charge in [0.25, 0.3) is 0 Å². The third-order valence-electron chi connectivity index (χ3n) is 1.82. The number of rotatable bonds is 3. The fraction of sp³-hybridized carbons (Fsp3) is 0.182. The zero-order valence-corrected chi connectivity index (χ0v) is 7.51. The molecule has 0 unspecified atom stereocenters. The van der Waals surface area contributed by atoms with Crippen LogP contribution in [0.15, 0.2) is 30.9 Å². The molecule has 0 aliphatic heterocycles. The van der Waals surface area contributed by atoms with Crippen molar-refractivity contribution >= 4 is 5.78 Å². The van der Waals surface area contributed by atoms with Crippen LogP contribution >= 0.6 is 0 Å². The second-order valence-corrected chi connectivity index (χ2v) is 2.88. The van der Waals surface area contributed by atoms with Gasteiger partial charge in [-0.2, -0.15) is 0 Å². The van der Waals surface area contributed by atoms with E-state index in [-0.39, 0.29) is 18.0 Å². The predicted molar refractivity (Wildman–Crippen MR) is 50.3 cm³/mol. The van der Waals surface area contributed by atoms with E-state index in [1.54, 1.807) is 19.1 Å². The van der Waals surface area contributed by atoms with Gasteiger partial charge in [0.1, 0.15) is 5.82 Å². The van der Waals surface area contributed by atoms with Crippen LogP contribution in [0.25, 0.3) is 0 Å². The van der Waals surface area contributed by atoms with Gasteiger partial charge in [-0.15, -0.1) is 6.58 Å². The van der Waals surface area contributed by atoms with Gasteiger partial charge in [0.2, 0.25) is 0 Å². The fourth-order valence-electron chi connectivity index (χ4n) is 1.02. The van der Waals surface area contributed by atoms with Crippen molar-refractivity contribution in [3.8, 4) is 0 Å². The summed E-state index contributed by atoms with van der Waals surface area (Å²) in [6.07, 6.45) is 1.77. The average molecular weight is 178 g/mol. The summed E-state index contributed by atoms with van der Waals surface area (Å²) in [5, 5.41) is 0. The molecule has 0 aliphatic rings. The van der Waals surface area contributed by atoms with Gasteiger partial charge in [-0.25, -0.2) is 4.39 Å². The predicted octanol–water partition coefficient (Wildman–Crippen LogP) is 2.89. The number of hydrogen-bond acceptors (Lipinski definition) is 1. The van der Waals surface area contributed by atoms with Gasteiger partial charge < -0.3 is 0 Å². The summed E-state index contributed by atoms with van der Waals surface area (Å²) in [6, 6.07) is 4.50. The molecule has 1 aromatic rings. The molecule has 68 valence electrons. The van der Waals surface area contributed by atoms with E-state index in [2.05, 4.69) is 6.58 Å². The number of carbonyl (C=O) groups is 1. The average Bonchev–Trinajstić information content (AvgIpc) is 2.10. The lowest BCUT2D eigenvalue weighted by Crippen LogP contribution is -1.98. The molecule has 1 rings (SSSR count). The van der Waals surface area contributed by atoms with Crippen molar-refractivity contribution in [2.75, 3.05) is 0 Å². The number of Topliss-reactive ketones (excluding diaryl/α,β-unsaturated/α-hetero) is 1. The van der Waals surface area contributed by atoms with Crippen LogP contribution in [0.2, 0.25) is 0 Å². The SMILES string of the molecule is C=CCC(=O)c1ccc(C)c(F)c1. The number of aryl methyl sites for hydroxylation is 1. The smallest absolute Gasteiger partial charge is 0.166 e. The van der Waals surface area contributed by atoms with Crippen LogP contribution in [0.3, 0.4) is 0 Å². The number of carbonyl (C=O) groups excluding carboxylic acids is 1. The Labute approximate surface area is 76.9 Å². The van der Waals surface area contributed by atoms with Gasteiger partial charge in [0, 0.05) is 12.0 Å². The maximum absolute atomic E-state index is 13.0. The molecule has 1 nitrogen and oxygen atoms in total. The second kappa shape index (κ2) is 3.99. The lowest BCUT2D eigenvalue weighted by atomic mass is 10.1. The van der Waals surface area contributed by atoms with E-state index in [0.29, 0.717) is 11.1 Å².